The third kappa shape index (κ3) is 4.33. The van der Waals surface area contributed by atoms with Crippen LogP contribution in [0.4, 0.5) is 8.78 Å². The second-order valence-corrected chi connectivity index (χ2v) is 2.16. The first-order chi connectivity index (χ1) is 4.12. The summed E-state index contributed by atoms with van der Waals surface area (Å²) < 4.78 is 24.4. The monoisotopic (exact) mass is 137 g/mol. The third-order valence-corrected chi connectivity index (χ3v) is 1.19. The Kier molecular flexibility index (Phi) is 3.70. The molecule has 0 amide bonds. The Balaban J connectivity index is 3.33. The van der Waals surface area contributed by atoms with Crippen molar-refractivity contribution in [3.8, 4) is 0 Å². The molecule has 0 aromatic carbocycles. The van der Waals surface area contributed by atoms with Crippen molar-refractivity contribution in [3.63, 3.8) is 0 Å². The summed E-state index contributed by atoms with van der Waals surface area (Å²) in [4.78, 5) is 0. The fourth-order valence-corrected chi connectivity index (χ4v) is 0.537. The summed E-state index contributed by atoms with van der Waals surface area (Å²) >= 11 is 0. The molecule has 0 saturated carbocycles. The predicted octanol–water partition coefficient (Wildman–Crippen LogP) is 1.77. The predicted molar refractivity (Wildman–Crippen MR) is 33.5 cm³/mol. The van der Waals surface area contributed by atoms with Crippen LogP contribution in [-0.2, 0) is 0 Å². The van der Waals surface area contributed by atoms with Crippen molar-refractivity contribution in [2.45, 2.75) is 32.1 Å². The maximum Gasteiger partial charge on any atom is 0.260 e. The minimum absolute atomic E-state index is 0.0694. The molecule has 0 aromatic heterocycles. The second-order valence-electron chi connectivity index (χ2n) is 2.16. The molecule has 2 N–H and O–H groups in total. The van der Waals surface area contributed by atoms with Crippen LogP contribution in [0.15, 0.2) is 0 Å². The zero-order chi connectivity index (χ0) is 7.33. The highest BCUT2D eigenvalue weighted by molar-refractivity contribution is 4.65. The van der Waals surface area contributed by atoms with Crippen molar-refractivity contribution in [1.29, 1.82) is 0 Å². The van der Waals surface area contributed by atoms with E-state index >= 15 is 0 Å². The van der Waals surface area contributed by atoms with Crippen molar-refractivity contribution >= 4 is 0 Å². The second kappa shape index (κ2) is 3.77. The largest absolute Gasteiger partial charge is 0.325 e. The van der Waals surface area contributed by atoms with Gasteiger partial charge >= 0.3 is 0 Å². The topological polar surface area (TPSA) is 26.0 Å². The van der Waals surface area contributed by atoms with Crippen molar-refractivity contribution in [2.75, 3.05) is 6.54 Å². The molecule has 0 spiro atoms. The Morgan fingerprint density at radius 3 is 2.33 bits per heavy atom. The van der Waals surface area contributed by atoms with E-state index in [1.54, 1.807) is 0 Å². The van der Waals surface area contributed by atoms with Gasteiger partial charge in [0.1, 0.15) is 0 Å². The fraction of sp³-hybridized carbons (Fsp3) is 1.00. The van der Waals surface area contributed by atoms with Crippen molar-refractivity contribution in [1.82, 2.24) is 0 Å². The number of rotatable bonds is 4. The highest BCUT2D eigenvalue weighted by Crippen LogP contribution is 2.18. The van der Waals surface area contributed by atoms with Crippen LogP contribution in [0.2, 0.25) is 0 Å². The lowest BCUT2D eigenvalue weighted by Gasteiger charge is -2.11. The number of alkyl halides is 2. The quantitative estimate of drug-likeness (QED) is 0.627. The highest BCUT2D eigenvalue weighted by Gasteiger charge is 2.24. The molecule has 1 nitrogen and oxygen atoms in total. The van der Waals surface area contributed by atoms with Crippen LogP contribution in [0.25, 0.3) is 0 Å². The molecule has 0 aromatic rings. The van der Waals surface area contributed by atoms with Gasteiger partial charge in [-0.25, -0.2) is 8.78 Å². The molecule has 9 heavy (non-hydrogen) atoms. The number of nitrogens with two attached hydrogens (primary N) is 1. The molecule has 0 aliphatic carbocycles. The molecule has 0 radical (unpaired) electrons. The van der Waals surface area contributed by atoms with Gasteiger partial charge in [0.15, 0.2) is 0 Å². The fourth-order valence-electron chi connectivity index (χ4n) is 0.537. The van der Waals surface area contributed by atoms with Crippen LogP contribution in [0.1, 0.15) is 26.2 Å². The molecule has 56 valence electrons. The van der Waals surface area contributed by atoms with E-state index in [1.807, 2.05) is 6.92 Å². The zero-order valence-electron chi connectivity index (χ0n) is 5.66. The lowest BCUT2D eigenvalue weighted by molar-refractivity contribution is 0.0000923. The Morgan fingerprint density at radius 1 is 1.44 bits per heavy atom. The molecular weight excluding hydrogens is 124 g/mol. The molecule has 0 rings (SSSR count). The van der Waals surface area contributed by atoms with Crippen LogP contribution >= 0.6 is 0 Å². The zero-order valence-corrected chi connectivity index (χ0v) is 5.66. The summed E-state index contributed by atoms with van der Waals surface area (Å²) in [5, 5.41) is 0. The van der Waals surface area contributed by atoms with Gasteiger partial charge in [0.25, 0.3) is 5.92 Å². The van der Waals surface area contributed by atoms with Crippen LogP contribution < -0.4 is 5.73 Å². The molecular formula is C6H13F2N. The van der Waals surface area contributed by atoms with Crippen LogP contribution in [-0.4, -0.2) is 12.5 Å². The smallest absolute Gasteiger partial charge is 0.260 e. The van der Waals surface area contributed by atoms with E-state index in [1.165, 1.54) is 0 Å². The summed E-state index contributed by atoms with van der Waals surface area (Å²) in [5.41, 5.74) is 4.80. The van der Waals surface area contributed by atoms with Gasteiger partial charge in [-0.3, -0.25) is 0 Å². The Bertz CT molecular complexity index is 73.5. The van der Waals surface area contributed by atoms with Crippen LogP contribution in [0, 0.1) is 0 Å². The van der Waals surface area contributed by atoms with E-state index in [0.717, 1.165) is 6.42 Å². The van der Waals surface area contributed by atoms with Crippen LogP contribution in [0.3, 0.4) is 0 Å². The summed E-state index contributed by atoms with van der Waals surface area (Å²) in [7, 11) is 0. The van der Waals surface area contributed by atoms with E-state index in [4.69, 9.17) is 5.73 Å². The molecule has 0 heterocycles. The van der Waals surface area contributed by atoms with E-state index in [-0.39, 0.29) is 6.42 Å². The molecule has 0 aliphatic rings. The average molecular weight is 137 g/mol. The van der Waals surface area contributed by atoms with E-state index in [2.05, 4.69) is 0 Å². The van der Waals surface area contributed by atoms with Gasteiger partial charge in [0.2, 0.25) is 0 Å². The Labute approximate surface area is 54.2 Å². The first-order valence-electron chi connectivity index (χ1n) is 3.20. The summed E-state index contributed by atoms with van der Waals surface area (Å²) in [6, 6.07) is 0. The van der Waals surface area contributed by atoms with Crippen molar-refractivity contribution < 1.29 is 8.78 Å². The average Bonchev–Trinajstić information content (AvgIpc) is 1.84. The molecule has 0 unspecified atom stereocenters. The maximum atomic E-state index is 12.2. The standard InChI is InChI=1S/C6H13F2N/c1-2-3-4-6(7,8)5-9/h2-5,9H2,1H3. The Morgan fingerprint density at radius 2 is 2.00 bits per heavy atom. The maximum absolute atomic E-state index is 12.2. The lowest BCUT2D eigenvalue weighted by atomic mass is 10.1. The normalized spacial score (nSPS) is 12.0. The molecule has 3 heteroatoms. The molecule has 0 fully saturated rings. The van der Waals surface area contributed by atoms with Crippen LogP contribution in [0.5, 0.6) is 0 Å². The molecule has 0 bridgehead atoms. The number of unbranched alkanes of at least 4 members (excludes halogenated alkanes) is 1. The van der Waals surface area contributed by atoms with Gasteiger partial charge < -0.3 is 5.73 Å². The van der Waals surface area contributed by atoms with E-state index < -0.39 is 12.5 Å². The number of halogens is 2. The molecule has 0 aliphatic heterocycles. The van der Waals surface area contributed by atoms with Gasteiger partial charge in [-0.2, -0.15) is 0 Å². The minimum atomic E-state index is -2.63. The summed E-state index contributed by atoms with van der Waals surface area (Å²) in [6.45, 7) is 1.36. The van der Waals surface area contributed by atoms with Gasteiger partial charge in [0.05, 0.1) is 6.54 Å². The summed E-state index contributed by atoms with van der Waals surface area (Å²) in [5.74, 6) is -2.63. The number of hydrogen-bond donors (Lipinski definition) is 1. The van der Waals surface area contributed by atoms with E-state index in [0.29, 0.717) is 6.42 Å². The SMILES string of the molecule is CCCCC(F)(F)CN. The van der Waals surface area contributed by atoms with E-state index in [9.17, 15) is 8.78 Å². The molecule has 0 atom stereocenters. The highest BCUT2D eigenvalue weighted by atomic mass is 19.3. The first kappa shape index (κ1) is 8.82. The van der Waals surface area contributed by atoms with Gasteiger partial charge in [-0.1, -0.05) is 13.3 Å². The van der Waals surface area contributed by atoms with Gasteiger partial charge in [-0.05, 0) is 6.42 Å². The van der Waals surface area contributed by atoms with Gasteiger partial charge in [0, 0.05) is 6.42 Å². The summed E-state index contributed by atoms with van der Waals surface area (Å²) in [6.07, 6.45) is 1.29. The number of hydrogen-bond acceptors (Lipinski definition) is 1. The lowest BCUT2D eigenvalue weighted by Crippen LogP contribution is -2.27. The van der Waals surface area contributed by atoms with Crippen molar-refractivity contribution in [2.24, 2.45) is 5.73 Å². The van der Waals surface area contributed by atoms with Crippen molar-refractivity contribution in [3.05, 3.63) is 0 Å². The molecule has 0 saturated heterocycles. The van der Waals surface area contributed by atoms with Gasteiger partial charge in [-0.15, -0.1) is 0 Å². The first-order valence-corrected chi connectivity index (χ1v) is 3.20. The Hall–Kier alpha value is -0.180. The third-order valence-electron chi connectivity index (χ3n) is 1.19. The minimum Gasteiger partial charge on any atom is -0.325 e.